The number of nitrogens with two attached hydrogens (primary N) is 1. The van der Waals surface area contributed by atoms with Crippen LogP contribution < -0.4 is 5.73 Å². The third-order valence-corrected chi connectivity index (χ3v) is 4.92. The molecule has 4 aromatic heterocycles. The van der Waals surface area contributed by atoms with Crippen LogP contribution in [0.5, 0.6) is 0 Å². The summed E-state index contributed by atoms with van der Waals surface area (Å²) in [5, 5.41) is 9.96. The predicted octanol–water partition coefficient (Wildman–Crippen LogP) is 3.47. The first kappa shape index (κ1) is 18.4. The molecule has 31 heavy (non-hydrogen) atoms. The molecule has 0 saturated carbocycles. The number of nitrogen functional groups attached to an aromatic ring is 1. The molecule has 0 amide bonds. The molecule has 9 heteroatoms. The van der Waals surface area contributed by atoms with Crippen LogP contribution in [0.1, 0.15) is 5.69 Å². The number of anilines is 1. The first-order valence-corrected chi connectivity index (χ1v) is 9.52. The summed E-state index contributed by atoms with van der Waals surface area (Å²) in [6.45, 7) is 7.84. The van der Waals surface area contributed by atoms with E-state index in [9.17, 15) is 0 Å². The van der Waals surface area contributed by atoms with E-state index in [2.05, 4.69) is 24.9 Å². The van der Waals surface area contributed by atoms with Crippen LogP contribution >= 0.6 is 0 Å². The maximum Gasteiger partial charge on any atom is 0.187 e. The number of hydrogen-bond acceptors (Lipinski definition) is 6. The smallest absolute Gasteiger partial charge is 0.187 e. The van der Waals surface area contributed by atoms with Crippen LogP contribution in [0.25, 0.3) is 38.3 Å². The van der Waals surface area contributed by atoms with Crippen molar-refractivity contribution in [3.63, 3.8) is 0 Å². The zero-order valence-corrected chi connectivity index (χ0v) is 16.6. The van der Waals surface area contributed by atoms with Crippen molar-refractivity contribution in [1.29, 1.82) is 0 Å². The lowest BCUT2D eigenvalue weighted by Crippen LogP contribution is -2.02. The molecule has 9 nitrogen and oxygen atoms in total. The van der Waals surface area contributed by atoms with Gasteiger partial charge in [-0.25, -0.2) is 19.8 Å². The number of fused-ring (bicyclic) bond motifs is 1. The highest BCUT2D eigenvalue weighted by atomic mass is 15.3. The van der Waals surface area contributed by atoms with Gasteiger partial charge in [0.05, 0.1) is 41.1 Å². The highest BCUT2D eigenvalue weighted by molar-refractivity contribution is 6.03. The minimum Gasteiger partial charge on any atom is -0.383 e. The van der Waals surface area contributed by atoms with Crippen LogP contribution in [0.4, 0.5) is 11.5 Å². The molecule has 0 atom stereocenters. The summed E-state index contributed by atoms with van der Waals surface area (Å²) in [7, 11) is 1.88. The van der Waals surface area contributed by atoms with Crippen molar-refractivity contribution in [2.45, 2.75) is 6.54 Å². The van der Waals surface area contributed by atoms with Gasteiger partial charge < -0.3 is 5.73 Å². The number of rotatable bonds is 4. The molecule has 5 rings (SSSR count). The average Bonchev–Trinajstić information content (AvgIpc) is 3.40. The van der Waals surface area contributed by atoms with E-state index in [-0.39, 0.29) is 0 Å². The lowest BCUT2D eigenvalue weighted by molar-refractivity contribution is 0.656. The summed E-state index contributed by atoms with van der Waals surface area (Å²) in [6, 6.07) is 11.0. The number of pyridine rings is 1. The highest BCUT2D eigenvalue weighted by Gasteiger charge is 2.20. The Labute approximate surface area is 177 Å². The van der Waals surface area contributed by atoms with Crippen molar-refractivity contribution in [1.82, 2.24) is 34.5 Å². The fourth-order valence-electron chi connectivity index (χ4n) is 3.55. The van der Waals surface area contributed by atoms with Gasteiger partial charge in [0.25, 0.3) is 0 Å². The van der Waals surface area contributed by atoms with Gasteiger partial charge in [-0.3, -0.25) is 9.36 Å². The molecule has 5 aromatic rings. The molecular formula is C22H17N9. The Morgan fingerprint density at radius 2 is 2.06 bits per heavy atom. The molecule has 0 bridgehead atoms. The monoisotopic (exact) mass is 407 g/mol. The number of benzene rings is 1. The van der Waals surface area contributed by atoms with E-state index in [4.69, 9.17) is 17.4 Å². The highest BCUT2D eigenvalue weighted by Crippen LogP contribution is 2.38. The summed E-state index contributed by atoms with van der Waals surface area (Å²) in [6.07, 6.45) is 6.93. The summed E-state index contributed by atoms with van der Waals surface area (Å²) in [5.41, 5.74) is 11.3. The van der Waals surface area contributed by atoms with Crippen LogP contribution in [-0.2, 0) is 13.6 Å². The van der Waals surface area contributed by atoms with E-state index in [1.54, 1.807) is 27.7 Å². The Morgan fingerprint density at radius 1 is 1.16 bits per heavy atom. The number of nitrogens with zero attached hydrogens (tertiary/aromatic N) is 8. The normalized spacial score (nSPS) is 11.0. The first-order valence-electron chi connectivity index (χ1n) is 9.52. The molecule has 2 N–H and O–H groups in total. The van der Waals surface area contributed by atoms with Gasteiger partial charge in [0.2, 0.25) is 0 Å². The van der Waals surface area contributed by atoms with Gasteiger partial charge in [-0.05, 0) is 23.8 Å². The fourth-order valence-corrected chi connectivity index (χ4v) is 3.55. The Kier molecular flexibility index (Phi) is 4.37. The topological polar surface area (TPSA) is 105 Å². The second-order valence-corrected chi connectivity index (χ2v) is 7.05. The van der Waals surface area contributed by atoms with Gasteiger partial charge in [-0.2, -0.15) is 10.2 Å². The molecule has 4 heterocycles. The molecule has 1 aromatic carbocycles. The molecule has 0 saturated heterocycles. The summed E-state index contributed by atoms with van der Waals surface area (Å²) in [4.78, 5) is 16.7. The second kappa shape index (κ2) is 7.35. The molecule has 0 spiro atoms. The van der Waals surface area contributed by atoms with Crippen molar-refractivity contribution >= 4 is 22.4 Å². The van der Waals surface area contributed by atoms with E-state index in [1.807, 2.05) is 43.7 Å². The van der Waals surface area contributed by atoms with Crippen molar-refractivity contribution in [2.24, 2.45) is 7.05 Å². The van der Waals surface area contributed by atoms with E-state index < -0.39 is 0 Å². The fraction of sp³-hybridized carbons (Fsp3) is 0.0909. The van der Waals surface area contributed by atoms with Gasteiger partial charge in [0.1, 0.15) is 17.7 Å². The number of hydrogen-bond donors (Lipinski definition) is 1. The quantitative estimate of drug-likeness (QED) is 0.458. The molecular weight excluding hydrogens is 390 g/mol. The van der Waals surface area contributed by atoms with Crippen LogP contribution in [-0.4, -0.2) is 34.5 Å². The molecule has 0 aliphatic rings. The molecule has 0 unspecified atom stereocenters. The summed E-state index contributed by atoms with van der Waals surface area (Å²) in [5.74, 6) is 0.364. The second-order valence-electron chi connectivity index (χ2n) is 7.05. The van der Waals surface area contributed by atoms with E-state index in [1.165, 1.54) is 6.33 Å². The van der Waals surface area contributed by atoms with E-state index in [0.717, 1.165) is 22.2 Å². The average molecular weight is 407 g/mol. The van der Waals surface area contributed by atoms with Crippen molar-refractivity contribution in [2.75, 3.05) is 5.73 Å². The Bertz CT molecular complexity index is 1440. The number of aryl methyl sites for hydroxylation is 1. The molecule has 0 fully saturated rings. The minimum atomic E-state index is 0.364. The van der Waals surface area contributed by atoms with Crippen molar-refractivity contribution in [3.8, 4) is 22.5 Å². The van der Waals surface area contributed by atoms with Crippen LogP contribution in [0.15, 0.2) is 61.3 Å². The van der Waals surface area contributed by atoms with Gasteiger partial charge >= 0.3 is 0 Å². The van der Waals surface area contributed by atoms with Crippen molar-refractivity contribution in [3.05, 3.63) is 78.4 Å². The third kappa shape index (κ3) is 3.36. The lowest BCUT2D eigenvalue weighted by atomic mass is 10.0. The largest absolute Gasteiger partial charge is 0.383 e. The Morgan fingerprint density at radius 3 is 2.81 bits per heavy atom. The van der Waals surface area contributed by atoms with Gasteiger partial charge in [0, 0.05) is 25.6 Å². The third-order valence-electron chi connectivity index (χ3n) is 4.92. The maximum absolute atomic E-state index is 7.34. The van der Waals surface area contributed by atoms with Gasteiger partial charge in [0.15, 0.2) is 5.69 Å². The van der Waals surface area contributed by atoms with Crippen LogP contribution in [0, 0.1) is 6.57 Å². The summed E-state index contributed by atoms with van der Waals surface area (Å²) >= 11 is 0. The van der Waals surface area contributed by atoms with Crippen molar-refractivity contribution < 1.29 is 0 Å². The Hall–Kier alpha value is -4.58. The van der Waals surface area contributed by atoms with Gasteiger partial charge in [-0.15, -0.1) is 0 Å². The predicted molar refractivity (Wildman–Crippen MR) is 117 cm³/mol. The van der Waals surface area contributed by atoms with Gasteiger partial charge in [-0.1, -0.05) is 18.2 Å². The first-order chi connectivity index (χ1) is 15.1. The minimum absolute atomic E-state index is 0.364. The van der Waals surface area contributed by atoms with Crippen LogP contribution in [0.3, 0.4) is 0 Å². The molecule has 150 valence electrons. The Balaban J connectivity index is 1.76. The zero-order chi connectivity index (χ0) is 21.4. The number of aromatic nitrogens is 7. The van der Waals surface area contributed by atoms with E-state index in [0.29, 0.717) is 35.0 Å². The standard InChI is InChI=1S/C22H17N9/c1-24-15-5-3-4-14(10-15)20-19(18-6-8-25-13-26-18)21-17(22(23)27-20)12-31(29-21)11-16-7-9-30(2)28-16/h3-10,12-13H,11H2,2H3,(H2,23,27). The SMILES string of the molecule is [C-]#[N+]c1cccc(-c2nc(N)c3cn(Cc4ccn(C)n4)nc3c2-c2ccncn2)c1. The molecule has 0 radical (unpaired) electrons. The molecule has 0 aliphatic carbocycles. The zero-order valence-electron chi connectivity index (χ0n) is 16.6. The van der Waals surface area contributed by atoms with E-state index >= 15 is 0 Å². The maximum atomic E-state index is 7.34. The summed E-state index contributed by atoms with van der Waals surface area (Å²) < 4.78 is 3.55. The molecule has 0 aliphatic heterocycles. The van der Waals surface area contributed by atoms with Crippen LogP contribution in [0.2, 0.25) is 0 Å². The lowest BCUT2D eigenvalue weighted by Gasteiger charge is -2.11.